The predicted octanol–water partition coefficient (Wildman–Crippen LogP) is 5.60. The number of ether oxygens (including phenoxy) is 1. The molecule has 1 spiro atoms. The molecule has 5 rings (SSSR count). The molecule has 1 unspecified atom stereocenters. The van der Waals surface area contributed by atoms with Crippen LogP contribution in [-0.4, -0.2) is 21.8 Å². The number of para-hydroxylation sites is 1. The molecule has 1 fully saturated rings. The van der Waals surface area contributed by atoms with Crippen molar-refractivity contribution in [3.8, 4) is 5.75 Å². The van der Waals surface area contributed by atoms with Gasteiger partial charge in [0, 0.05) is 22.3 Å². The van der Waals surface area contributed by atoms with Crippen molar-refractivity contribution in [2.45, 2.75) is 48.6 Å². The number of nitrogens with zero attached hydrogens (tertiary/aromatic N) is 2. The SMILES string of the molecule is CSc1ccc2ncnc(NC3CC4(CCCC4)Oc4ccccc43)c2c1. The molecule has 1 aliphatic heterocycles. The molecule has 1 saturated carbocycles. The summed E-state index contributed by atoms with van der Waals surface area (Å²) in [6.45, 7) is 0. The van der Waals surface area contributed by atoms with Gasteiger partial charge in [0.15, 0.2) is 0 Å². The van der Waals surface area contributed by atoms with Gasteiger partial charge in [0.1, 0.15) is 23.5 Å². The van der Waals surface area contributed by atoms with Crippen LogP contribution in [0.5, 0.6) is 5.75 Å². The third-order valence-electron chi connectivity index (χ3n) is 5.87. The lowest BCUT2D eigenvalue weighted by Gasteiger charge is -2.40. The second kappa shape index (κ2) is 6.71. The molecule has 138 valence electrons. The number of anilines is 1. The number of benzene rings is 2. The molecular formula is C22H23N3OS. The third-order valence-corrected chi connectivity index (χ3v) is 6.59. The Bertz CT molecular complexity index is 984. The van der Waals surface area contributed by atoms with E-state index in [1.165, 1.54) is 23.3 Å². The fourth-order valence-corrected chi connectivity index (χ4v) is 4.96. The smallest absolute Gasteiger partial charge is 0.137 e. The molecule has 1 N–H and O–H groups in total. The van der Waals surface area contributed by atoms with Crippen LogP contribution in [0.4, 0.5) is 5.82 Å². The van der Waals surface area contributed by atoms with Crippen LogP contribution in [0.1, 0.15) is 43.7 Å². The lowest BCUT2D eigenvalue weighted by Crippen LogP contribution is -2.40. The molecule has 1 aliphatic carbocycles. The van der Waals surface area contributed by atoms with E-state index in [1.807, 2.05) is 0 Å². The maximum Gasteiger partial charge on any atom is 0.137 e. The zero-order valence-electron chi connectivity index (χ0n) is 15.4. The van der Waals surface area contributed by atoms with E-state index in [0.29, 0.717) is 0 Å². The summed E-state index contributed by atoms with van der Waals surface area (Å²) in [5, 5.41) is 4.82. The summed E-state index contributed by atoms with van der Waals surface area (Å²) >= 11 is 1.74. The van der Waals surface area contributed by atoms with Crippen LogP contribution in [0.25, 0.3) is 10.9 Å². The number of hydrogen-bond donors (Lipinski definition) is 1. The van der Waals surface area contributed by atoms with Crippen LogP contribution in [0, 0.1) is 0 Å². The monoisotopic (exact) mass is 377 g/mol. The van der Waals surface area contributed by atoms with Crippen LogP contribution in [0.15, 0.2) is 53.7 Å². The van der Waals surface area contributed by atoms with Gasteiger partial charge >= 0.3 is 0 Å². The second-order valence-corrected chi connectivity index (χ2v) is 8.42. The Morgan fingerprint density at radius 1 is 1.11 bits per heavy atom. The summed E-state index contributed by atoms with van der Waals surface area (Å²) in [4.78, 5) is 10.3. The molecule has 2 aliphatic rings. The van der Waals surface area contributed by atoms with Gasteiger partial charge in [-0.3, -0.25) is 0 Å². The molecule has 0 radical (unpaired) electrons. The summed E-state index contributed by atoms with van der Waals surface area (Å²) in [5.74, 6) is 1.93. The fraction of sp³-hybridized carbons (Fsp3) is 0.364. The van der Waals surface area contributed by atoms with E-state index in [-0.39, 0.29) is 11.6 Å². The Hall–Kier alpha value is -2.27. The lowest BCUT2D eigenvalue weighted by atomic mass is 9.86. The van der Waals surface area contributed by atoms with E-state index >= 15 is 0 Å². The van der Waals surface area contributed by atoms with Gasteiger partial charge in [-0.1, -0.05) is 18.2 Å². The second-order valence-electron chi connectivity index (χ2n) is 7.54. The summed E-state index contributed by atoms with van der Waals surface area (Å²) in [6.07, 6.45) is 9.51. The first-order valence-electron chi connectivity index (χ1n) is 9.60. The van der Waals surface area contributed by atoms with Crippen molar-refractivity contribution in [3.63, 3.8) is 0 Å². The molecule has 0 saturated heterocycles. The van der Waals surface area contributed by atoms with Crippen molar-refractivity contribution >= 4 is 28.5 Å². The summed E-state index contributed by atoms with van der Waals surface area (Å²) < 4.78 is 6.50. The van der Waals surface area contributed by atoms with E-state index in [1.54, 1.807) is 18.1 Å². The first-order valence-corrected chi connectivity index (χ1v) is 10.8. The van der Waals surface area contributed by atoms with Crippen molar-refractivity contribution in [1.29, 1.82) is 0 Å². The normalized spacial score (nSPS) is 20.4. The number of hydrogen-bond acceptors (Lipinski definition) is 5. The molecule has 0 amide bonds. The van der Waals surface area contributed by atoms with Crippen LogP contribution in [-0.2, 0) is 0 Å². The van der Waals surface area contributed by atoms with Gasteiger partial charge in [-0.15, -0.1) is 11.8 Å². The summed E-state index contributed by atoms with van der Waals surface area (Å²) in [5.41, 5.74) is 2.17. The Balaban J connectivity index is 1.56. The molecular weight excluding hydrogens is 354 g/mol. The molecule has 0 bridgehead atoms. The van der Waals surface area contributed by atoms with Crippen LogP contribution < -0.4 is 10.1 Å². The van der Waals surface area contributed by atoms with Crippen molar-refractivity contribution in [3.05, 3.63) is 54.4 Å². The van der Waals surface area contributed by atoms with E-state index in [4.69, 9.17) is 4.74 Å². The van der Waals surface area contributed by atoms with Gasteiger partial charge in [0.25, 0.3) is 0 Å². The van der Waals surface area contributed by atoms with Gasteiger partial charge in [-0.25, -0.2) is 9.97 Å². The standard InChI is InChI=1S/C22H23N3OS/c1-27-15-8-9-18-17(12-15)21(24-14-23-18)25-19-13-22(10-4-5-11-22)26-20-7-3-2-6-16(19)20/h2-3,6-9,12,14,19H,4-5,10-11,13H2,1H3,(H,23,24,25). The highest BCUT2D eigenvalue weighted by Gasteiger charge is 2.43. The Kier molecular flexibility index (Phi) is 4.20. The number of nitrogens with one attached hydrogen (secondary N) is 1. The molecule has 27 heavy (non-hydrogen) atoms. The number of thioether (sulfide) groups is 1. The third kappa shape index (κ3) is 3.04. The fourth-order valence-electron chi connectivity index (χ4n) is 4.52. The largest absolute Gasteiger partial charge is 0.487 e. The first-order chi connectivity index (χ1) is 13.3. The van der Waals surface area contributed by atoms with E-state index < -0.39 is 0 Å². The van der Waals surface area contributed by atoms with Gasteiger partial charge in [-0.2, -0.15) is 0 Å². The Morgan fingerprint density at radius 2 is 1.96 bits per heavy atom. The van der Waals surface area contributed by atoms with Crippen molar-refractivity contribution in [1.82, 2.24) is 9.97 Å². The first kappa shape index (κ1) is 16.9. The quantitative estimate of drug-likeness (QED) is 0.602. The van der Waals surface area contributed by atoms with Crippen molar-refractivity contribution in [2.75, 3.05) is 11.6 Å². The average Bonchev–Trinajstić information content (AvgIpc) is 3.15. The summed E-state index contributed by atoms with van der Waals surface area (Å²) in [6, 6.07) is 15.0. The maximum absolute atomic E-state index is 6.50. The predicted molar refractivity (Wildman–Crippen MR) is 111 cm³/mol. The van der Waals surface area contributed by atoms with Gasteiger partial charge < -0.3 is 10.1 Å². The molecule has 5 heteroatoms. The Morgan fingerprint density at radius 3 is 2.81 bits per heavy atom. The van der Waals surface area contributed by atoms with E-state index in [2.05, 4.69) is 64.0 Å². The van der Waals surface area contributed by atoms with Crippen LogP contribution >= 0.6 is 11.8 Å². The molecule has 2 heterocycles. The minimum absolute atomic E-state index is 0.0285. The zero-order chi connectivity index (χ0) is 18.3. The topological polar surface area (TPSA) is 47.0 Å². The Labute approximate surface area is 163 Å². The molecule has 4 nitrogen and oxygen atoms in total. The molecule has 1 atom stereocenters. The zero-order valence-corrected chi connectivity index (χ0v) is 16.3. The van der Waals surface area contributed by atoms with Crippen LogP contribution in [0.2, 0.25) is 0 Å². The number of fused-ring (bicyclic) bond motifs is 2. The minimum Gasteiger partial charge on any atom is -0.487 e. The van der Waals surface area contributed by atoms with Crippen LogP contribution in [0.3, 0.4) is 0 Å². The molecule has 3 aromatic rings. The van der Waals surface area contributed by atoms with Gasteiger partial charge in [0.2, 0.25) is 0 Å². The lowest BCUT2D eigenvalue weighted by molar-refractivity contribution is 0.0453. The molecule has 1 aromatic heterocycles. The highest BCUT2D eigenvalue weighted by Crippen LogP contribution is 2.48. The van der Waals surface area contributed by atoms with Crippen molar-refractivity contribution < 1.29 is 4.74 Å². The van der Waals surface area contributed by atoms with Gasteiger partial charge in [-0.05, 0) is 56.2 Å². The summed E-state index contributed by atoms with van der Waals surface area (Å²) in [7, 11) is 0. The average molecular weight is 378 g/mol. The maximum atomic E-state index is 6.50. The highest BCUT2D eigenvalue weighted by molar-refractivity contribution is 7.98. The number of aromatic nitrogens is 2. The highest BCUT2D eigenvalue weighted by atomic mass is 32.2. The van der Waals surface area contributed by atoms with Gasteiger partial charge in [0.05, 0.1) is 11.6 Å². The van der Waals surface area contributed by atoms with E-state index in [0.717, 1.165) is 41.7 Å². The number of rotatable bonds is 3. The minimum atomic E-state index is -0.0285. The van der Waals surface area contributed by atoms with Crippen molar-refractivity contribution in [2.24, 2.45) is 0 Å². The van der Waals surface area contributed by atoms with E-state index in [9.17, 15) is 0 Å². The molecule has 2 aromatic carbocycles.